The molecule has 5 heteroatoms. The minimum Gasteiger partial charge on any atom is -0.480 e. The van der Waals surface area contributed by atoms with Gasteiger partial charge in [0.15, 0.2) is 5.13 Å². The largest absolute Gasteiger partial charge is 0.480 e. The lowest BCUT2D eigenvalue weighted by atomic mass is 9.82. The maximum Gasteiger partial charge on any atom is 0.329 e. The fourth-order valence-electron chi connectivity index (χ4n) is 2.83. The molecule has 0 bridgehead atoms. The maximum atomic E-state index is 11.7. The van der Waals surface area contributed by atoms with Crippen molar-refractivity contribution < 1.29 is 9.90 Å². The van der Waals surface area contributed by atoms with E-state index in [1.54, 1.807) is 0 Å². The van der Waals surface area contributed by atoms with Crippen LogP contribution in [0.4, 0.5) is 5.13 Å². The highest BCUT2D eigenvalue weighted by Crippen LogP contribution is 2.34. The lowest BCUT2D eigenvalue weighted by Crippen LogP contribution is -2.47. The number of hydrogen-bond donors (Lipinski definition) is 2. The summed E-state index contributed by atoms with van der Waals surface area (Å²) >= 11 is 1.47. The molecule has 4 nitrogen and oxygen atoms in total. The van der Waals surface area contributed by atoms with Crippen molar-refractivity contribution in [1.29, 1.82) is 0 Å². The van der Waals surface area contributed by atoms with Crippen LogP contribution < -0.4 is 5.32 Å². The quantitative estimate of drug-likeness (QED) is 0.895. The van der Waals surface area contributed by atoms with Crippen LogP contribution in [0.1, 0.15) is 32.1 Å². The standard InChI is InChI=1S/C16H18N2O2S/c19-14(20)16(9-5-2-6-10-16)18-15-17-13(11-21-15)12-7-3-1-4-8-12/h1,3-4,7-8,11H,2,5-6,9-10H2,(H,17,18)(H,19,20). The first-order chi connectivity index (χ1) is 10.2. The molecule has 1 aliphatic rings. The highest BCUT2D eigenvalue weighted by atomic mass is 32.1. The molecule has 110 valence electrons. The lowest BCUT2D eigenvalue weighted by Gasteiger charge is -2.33. The number of nitrogens with one attached hydrogen (secondary N) is 1. The highest BCUT2D eigenvalue weighted by Gasteiger charge is 2.40. The molecule has 0 aliphatic heterocycles. The second kappa shape index (κ2) is 5.85. The van der Waals surface area contributed by atoms with E-state index in [9.17, 15) is 9.90 Å². The molecular weight excluding hydrogens is 284 g/mol. The van der Waals surface area contributed by atoms with Gasteiger partial charge in [0.2, 0.25) is 0 Å². The van der Waals surface area contributed by atoms with E-state index in [0.29, 0.717) is 18.0 Å². The van der Waals surface area contributed by atoms with Crippen molar-refractivity contribution in [3.05, 3.63) is 35.7 Å². The van der Waals surface area contributed by atoms with E-state index in [2.05, 4.69) is 10.3 Å². The molecule has 0 unspecified atom stereocenters. The Morgan fingerprint density at radius 2 is 1.90 bits per heavy atom. The number of aromatic nitrogens is 1. The minimum absolute atomic E-state index is 0.669. The monoisotopic (exact) mass is 302 g/mol. The Kier molecular flexibility index (Phi) is 3.92. The lowest BCUT2D eigenvalue weighted by molar-refractivity contribution is -0.143. The van der Waals surface area contributed by atoms with Crippen LogP contribution in [0.2, 0.25) is 0 Å². The van der Waals surface area contributed by atoms with Gasteiger partial charge in [-0.05, 0) is 12.8 Å². The number of carboxylic acids is 1. The molecule has 0 amide bonds. The normalized spacial score (nSPS) is 17.3. The van der Waals surface area contributed by atoms with E-state index in [1.165, 1.54) is 11.3 Å². The number of anilines is 1. The van der Waals surface area contributed by atoms with Gasteiger partial charge >= 0.3 is 5.97 Å². The molecule has 2 aromatic rings. The molecule has 1 heterocycles. The number of aliphatic carboxylic acids is 1. The highest BCUT2D eigenvalue weighted by molar-refractivity contribution is 7.14. The van der Waals surface area contributed by atoms with E-state index in [1.807, 2.05) is 35.7 Å². The van der Waals surface area contributed by atoms with Crippen LogP contribution in [0.15, 0.2) is 35.7 Å². The first kappa shape index (κ1) is 14.1. The van der Waals surface area contributed by atoms with Crippen LogP contribution in [0.25, 0.3) is 11.3 Å². The van der Waals surface area contributed by atoms with Crippen LogP contribution in [-0.2, 0) is 4.79 Å². The summed E-state index contributed by atoms with van der Waals surface area (Å²) in [5, 5.41) is 15.4. The fraction of sp³-hybridized carbons (Fsp3) is 0.375. The Morgan fingerprint density at radius 1 is 1.19 bits per heavy atom. The molecule has 1 saturated carbocycles. The van der Waals surface area contributed by atoms with Gasteiger partial charge in [-0.25, -0.2) is 9.78 Å². The number of nitrogens with zero attached hydrogens (tertiary/aromatic N) is 1. The maximum absolute atomic E-state index is 11.7. The molecule has 1 aromatic carbocycles. The van der Waals surface area contributed by atoms with Crippen LogP contribution in [0.5, 0.6) is 0 Å². The van der Waals surface area contributed by atoms with Crippen molar-refractivity contribution in [1.82, 2.24) is 4.98 Å². The topological polar surface area (TPSA) is 62.2 Å². The Hall–Kier alpha value is -1.88. The predicted molar refractivity (Wildman–Crippen MR) is 84.6 cm³/mol. The van der Waals surface area contributed by atoms with E-state index >= 15 is 0 Å². The van der Waals surface area contributed by atoms with Gasteiger partial charge in [0.05, 0.1) is 5.69 Å². The summed E-state index contributed by atoms with van der Waals surface area (Å²) in [6.07, 6.45) is 4.36. The summed E-state index contributed by atoms with van der Waals surface area (Å²) in [6, 6.07) is 9.93. The number of hydrogen-bond acceptors (Lipinski definition) is 4. The summed E-state index contributed by atoms with van der Waals surface area (Å²) in [6.45, 7) is 0. The zero-order valence-corrected chi connectivity index (χ0v) is 12.5. The van der Waals surface area contributed by atoms with Crippen molar-refractivity contribution in [2.45, 2.75) is 37.6 Å². The van der Waals surface area contributed by atoms with Crippen molar-refractivity contribution in [3.8, 4) is 11.3 Å². The Morgan fingerprint density at radius 3 is 2.57 bits per heavy atom. The van der Waals surface area contributed by atoms with E-state index in [-0.39, 0.29) is 0 Å². The molecule has 0 radical (unpaired) electrons. The third kappa shape index (κ3) is 2.93. The van der Waals surface area contributed by atoms with Crippen molar-refractivity contribution >= 4 is 22.4 Å². The molecule has 0 atom stereocenters. The van der Waals surface area contributed by atoms with Gasteiger partial charge in [-0.2, -0.15) is 0 Å². The molecule has 1 aromatic heterocycles. The van der Waals surface area contributed by atoms with Gasteiger partial charge in [-0.1, -0.05) is 49.6 Å². The Balaban J connectivity index is 1.81. The Labute approximate surface area is 127 Å². The average Bonchev–Trinajstić information content (AvgIpc) is 2.97. The van der Waals surface area contributed by atoms with E-state index < -0.39 is 11.5 Å². The first-order valence-corrected chi connectivity index (χ1v) is 8.10. The van der Waals surface area contributed by atoms with Crippen molar-refractivity contribution in [2.75, 3.05) is 5.32 Å². The SMILES string of the molecule is O=C(O)C1(Nc2nc(-c3ccccc3)cs2)CCCCC1. The van der Waals surface area contributed by atoms with Gasteiger partial charge < -0.3 is 10.4 Å². The molecule has 0 saturated heterocycles. The number of benzene rings is 1. The summed E-state index contributed by atoms with van der Waals surface area (Å²) in [7, 11) is 0. The Bertz CT molecular complexity index is 618. The number of thiazole rings is 1. The van der Waals surface area contributed by atoms with Crippen LogP contribution in [0, 0.1) is 0 Å². The van der Waals surface area contributed by atoms with E-state index in [0.717, 1.165) is 30.5 Å². The predicted octanol–water partition coefficient (Wildman–Crippen LogP) is 4.01. The smallest absolute Gasteiger partial charge is 0.329 e. The summed E-state index contributed by atoms with van der Waals surface area (Å²) in [5.74, 6) is -0.765. The third-order valence-electron chi connectivity index (χ3n) is 4.04. The van der Waals surface area contributed by atoms with Crippen molar-refractivity contribution in [3.63, 3.8) is 0 Å². The van der Waals surface area contributed by atoms with Gasteiger partial charge in [0.25, 0.3) is 0 Å². The van der Waals surface area contributed by atoms with Crippen LogP contribution in [0.3, 0.4) is 0 Å². The van der Waals surface area contributed by atoms with Gasteiger partial charge in [-0.3, -0.25) is 0 Å². The second-order valence-electron chi connectivity index (χ2n) is 5.48. The number of carboxylic acid groups (broad SMARTS) is 1. The molecule has 0 spiro atoms. The third-order valence-corrected chi connectivity index (χ3v) is 4.79. The van der Waals surface area contributed by atoms with E-state index in [4.69, 9.17) is 0 Å². The molecular formula is C16H18N2O2S. The number of rotatable bonds is 4. The van der Waals surface area contributed by atoms with Crippen LogP contribution in [-0.4, -0.2) is 21.6 Å². The minimum atomic E-state index is -0.843. The molecule has 1 fully saturated rings. The zero-order chi connectivity index (χ0) is 14.7. The second-order valence-corrected chi connectivity index (χ2v) is 6.33. The first-order valence-electron chi connectivity index (χ1n) is 7.22. The van der Waals surface area contributed by atoms with Gasteiger partial charge in [-0.15, -0.1) is 11.3 Å². The summed E-state index contributed by atoms with van der Waals surface area (Å²) in [5.41, 5.74) is 1.10. The zero-order valence-electron chi connectivity index (χ0n) is 11.7. The average molecular weight is 302 g/mol. The molecule has 1 aliphatic carbocycles. The summed E-state index contributed by atoms with van der Waals surface area (Å²) < 4.78 is 0. The number of carbonyl (C=O) groups is 1. The summed E-state index contributed by atoms with van der Waals surface area (Å²) in [4.78, 5) is 16.2. The fourth-order valence-corrected chi connectivity index (χ4v) is 3.64. The van der Waals surface area contributed by atoms with Crippen LogP contribution >= 0.6 is 11.3 Å². The van der Waals surface area contributed by atoms with Gasteiger partial charge in [0.1, 0.15) is 5.54 Å². The molecule has 21 heavy (non-hydrogen) atoms. The molecule has 2 N–H and O–H groups in total. The molecule has 3 rings (SSSR count). The van der Waals surface area contributed by atoms with Crippen molar-refractivity contribution in [2.24, 2.45) is 0 Å². The van der Waals surface area contributed by atoms with Gasteiger partial charge in [0, 0.05) is 10.9 Å².